The number of hydrogen-bond acceptors (Lipinski definition) is 5. The lowest BCUT2D eigenvalue weighted by molar-refractivity contribution is -0.139. The Kier molecular flexibility index (Phi) is 3.91. The zero-order valence-corrected chi connectivity index (χ0v) is 11.4. The lowest BCUT2D eigenvalue weighted by Crippen LogP contribution is -2.08. The number of carbonyl (C=O) groups is 1. The molecule has 0 heterocycles. The van der Waals surface area contributed by atoms with E-state index in [-0.39, 0.29) is 12.2 Å². The van der Waals surface area contributed by atoms with E-state index in [1.54, 1.807) is 30.3 Å². The van der Waals surface area contributed by atoms with Gasteiger partial charge in [-0.15, -0.1) is 0 Å². The highest BCUT2D eigenvalue weighted by atomic mass is 32.3. The molecule has 0 fully saturated rings. The average molecular weight is 296 g/mol. The van der Waals surface area contributed by atoms with Crippen LogP contribution in [0.1, 0.15) is 5.56 Å². The molecule has 2 aromatic rings. The molecule has 1 N–H and O–H groups in total. The van der Waals surface area contributed by atoms with Crippen molar-refractivity contribution in [3.63, 3.8) is 0 Å². The molecule has 0 radical (unpaired) electrons. The standard InChI is InChI=1S/C13H12O6S/c1-18-13(14)8-9-6-7-12(19-20(15,16)17)11-5-3-2-4-10(9)11/h2-7H,8H2,1H3,(H,15,16,17). The fourth-order valence-electron chi connectivity index (χ4n) is 1.90. The van der Waals surface area contributed by atoms with E-state index in [2.05, 4.69) is 8.92 Å². The smallest absolute Gasteiger partial charge is 0.446 e. The van der Waals surface area contributed by atoms with Crippen LogP contribution in [-0.4, -0.2) is 26.0 Å². The normalized spacial score (nSPS) is 11.3. The molecule has 0 unspecified atom stereocenters. The number of ether oxygens (including phenoxy) is 1. The summed E-state index contributed by atoms with van der Waals surface area (Å²) in [6, 6.07) is 9.75. The lowest BCUT2D eigenvalue weighted by Gasteiger charge is -2.10. The Hall–Kier alpha value is -2.12. The summed E-state index contributed by atoms with van der Waals surface area (Å²) in [5.74, 6) is -0.407. The molecule has 0 atom stereocenters. The molecule has 0 saturated carbocycles. The van der Waals surface area contributed by atoms with Crippen molar-refractivity contribution >= 4 is 27.1 Å². The lowest BCUT2D eigenvalue weighted by atomic mass is 10.0. The molecule has 2 aromatic carbocycles. The molecular weight excluding hydrogens is 284 g/mol. The average Bonchev–Trinajstić information content (AvgIpc) is 2.40. The van der Waals surface area contributed by atoms with Crippen LogP contribution in [0.5, 0.6) is 5.75 Å². The van der Waals surface area contributed by atoms with Gasteiger partial charge in [0.1, 0.15) is 0 Å². The minimum absolute atomic E-state index is 0.00304. The SMILES string of the molecule is COC(=O)Cc1ccc(OS(=O)(=O)O)c2ccccc12. The molecule has 2 rings (SSSR count). The van der Waals surface area contributed by atoms with E-state index in [0.29, 0.717) is 16.3 Å². The van der Waals surface area contributed by atoms with Crippen molar-refractivity contribution in [2.75, 3.05) is 7.11 Å². The summed E-state index contributed by atoms with van der Waals surface area (Å²) < 4.78 is 39.5. The first-order chi connectivity index (χ1) is 9.40. The quantitative estimate of drug-likeness (QED) is 0.682. The second-order valence-electron chi connectivity index (χ2n) is 4.03. The molecule has 0 saturated heterocycles. The zero-order chi connectivity index (χ0) is 14.8. The predicted molar refractivity (Wildman–Crippen MR) is 71.8 cm³/mol. The van der Waals surface area contributed by atoms with Crippen molar-refractivity contribution < 1.29 is 26.7 Å². The molecule has 0 bridgehead atoms. The fraction of sp³-hybridized carbons (Fsp3) is 0.154. The van der Waals surface area contributed by atoms with Gasteiger partial charge in [-0.2, -0.15) is 8.42 Å². The Morgan fingerprint density at radius 1 is 1.15 bits per heavy atom. The van der Waals surface area contributed by atoms with Gasteiger partial charge in [0, 0.05) is 5.39 Å². The first-order valence-corrected chi connectivity index (χ1v) is 7.01. The predicted octanol–water partition coefficient (Wildman–Crippen LogP) is 1.74. The largest absolute Gasteiger partial charge is 0.469 e. The second kappa shape index (κ2) is 5.48. The number of benzene rings is 2. The molecular formula is C13H12O6S. The molecule has 0 aromatic heterocycles. The molecule has 20 heavy (non-hydrogen) atoms. The van der Waals surface area contributed by atoms with Gasteiger partial charge in [0.05, 0.1) is 13.5 Å². The van der Waals surface area contributed by atoms with Gasteiger partial charge < -0.3 is 8.92 Å². The summed E-state index contributed by atoms with van der Waals surface area (Å²) in [5.41, 5.74) is 0.676. The molecule has 0 aliphatic rings. The van der Waals surface area contributed by atoms with Crippen LogP contribution >= 0.6 is 0 Å². The van der Waals surface area contributed by atoms with Gasteiger partial charge in [0.2, 0.25) is 0 Å². The maximum Gasteiger partial charge on any atom is 0.446 e. The van der Waals surface area contributed by atoms with Crippen LogP contribution < -0.4 is 4.18 Å². The Morgan fingerprint density at radius 2 is 1.80 bits per heavy atom. The first-order valence-electron chi connectivity index (χ1n) is 5.65. The van der Waals surface area contributed by atoms with Crippen LogP contribution in [0, 0.1) is 0 Å². The van der Waals surface area contributed by atoms with E-state index in [1.165, 1.54) is 13.2 Å². The highest BCUT2D eigenvalue weighted by Gasteiger charge is 2.14. The highest BCUT2D eigenvalue weighted by molar-refractivity contribution is 7.81. The third kappa shape index (κ3) is 3.25. The van der Waals surface area contributed by atoms with Crippen molar-refractivity contribution in [2.24, 2.45) is 0 Å². The number of methoxy groups -OCH3 is 1. The summed E-state index contributed by atoms with van der Waals surface area (Å²) in [6.45, 7) is 0. The molecule has 0 spiro atoms. The van der Waals surface area contributed by atoms with Crippen molar-refractivity contribution in [2.45, 2.75) is 6.42 Å². The second-order valence-corrected chi connectivity index (χ2v) is 5.05. The number of rotatable bonds is 4. The van der Waals surface area contributed by atoms with E-state index in [9.17, 15) is 13.2 Å². The van der Waals surface area contributed by atoms with Crippen LogP contribution in [0.4, 0.5) is 0 Å². The van der Waals surface area contributed by atoms with Crippen molar-refractivity contribution in [1.29, 1.82) is 0 Å². The van der Waals surface area contributed by atoms with Crippen LogP contribution in [0.15, 0.2) is 36.4 Å². The number of hydrogen-bond donors (Lipinski definition) is 1. The third-order valence-corrected chi connectivity index (χ3v) is 3.12. The summed E-state index contributed by atoms with van der Waals surface area (Å²) >= 11 is 0. The van der Waals surface area contributed by atoms with E-state index in [4.69, 9.17) is 4.55 Å². The van der Waals surface area contributed by atoms with Gasteiger partial charge >= 0.3 is 16.4 Å². The minimum atomic E-state index is -4.60. The molecule has 0 amide bonds. The van der Waals surface area contributed by atoms with Gasteiger partial charge in [0.25, 0.3) is 0 Å². The van der Waals surface area contributed by atoms with Gasteiger partial charge in [-0.25, -0.2) is 0 Å². The van der Waals surface area contributed by atoms with Crippen molar-refractivity contribution in [1.82, 2.24) is 0 Å². The maximum atomic E-state index is 11.3. The third-order valence-electron chi connectivity index (χ3n) is 2.73. The number of carbonyl (C=O) groups excluding carboxylic acids is 1. The molecule has 0 aliphatic carbocycles. The maximum absolute atomic E-state index is 11.3. The summed E-state index contributed by atoms with van der Waals surface area (Å²) in [5, 5.41) is 1.13. The number of esters is 1. The molecule has 106 valence electrons. The number of fused-ring (bicyclic) bond motifs is 1. The van der Waals surface area contributed by atoms with Crippen LogP contribution in [0.25, 0.3) is 10.8 Å². The molecule has 0 aliphatic heterocycles. The van der Waals surface area contributed by atoms with Crippen LogP contribution in [0.3, 0.4) is 0 Å². The van der Waals surface area contributed by atoms with Gasteiger partial charge in [0.15, 0.2) is 5.75 Å². The summed E-state index contributed by atoms with van der Waals surface area (Å²) in [6.07, 6.45) is 0.0587. The fourth-order valence-corrected chi connectivity index (χ4v) is 2.27. The summed E-state index contributed by atoms with van der Waals surface area (Å²) in [4.78, 5) is 11.3. The minimum Gasteiger partial charge on any atom is -0.469 e. The van der Waals surface area contributed by atoms with E-state index in [1.807, 2.05) is 0 Å². The van der Waals surface area contributed by atoms with E-state index in [0.717, 1.165) is 0 Å². The highest BCUT2D eigenvalue weighted by Crippen LogP contribution is 2.29. The summed E-state index contributed by atoms with van der Waals surface area (Å²) in [7, 11) is -3.31. The first kappa shape index (κ1) is 14.3. The van der Waals surface area contributed by atoms with Crippen molar-refractivity contribution in [3.05, 3.63) is 42.0 Å². The van der Waals surface area contributed by atoms with Crippen LogP contribution in [0.2, 0.25) is 0 Å². The van der Waals surface area contributed by atoms with Gasteiger partial charge in [-0.1, -0.05) is 30.3 Å². The Bertz CT molecular complexity index is 751. The Morgan fingerprint density at radius 3 is 2.40 bits per heavy atom. The van der Waals surface area contributed by atoms with Gasteiger partial charge in [-0.3, -0.25) is 9.35 Å². The monoisotopic (exact) mass is 296 g/mol. The van der Waals surface area contributed by atoms with Gasteiger partial charge in [-0.05, 0) is 17.0 Å². The topological polar surface area (TPSA) is 89.9 Å². The van der Waals surface area contributed by atoms with E-state index < -0.39 is 16.4 Å². The Balaban J connectivity index is 2.55. The van der Waals surface area contributed by atoms with Crippen LogP contribution in [-0.2, 0) is 26.4 Å². The van der Waals surface area contributed by atoms with E-state index >= 15 is 0 Å². The Labute approximate surface area is 115 Å². The molecule has 6 nitrogen and oxygen atoms in total. The van der Waals surface area contributed by atoms with Crippen molar-refractivity contribution in [3.8, 4) is 5.75 Å². The zero-order valence-electron chi connectivity index (χ0n) is 10.6. The molecule has 7 heteroatoms.